The second-order valence-corrected chi connectivity index (χ2v) is 6.21. The number of carboxylic acid groups (broad SMARTS) is 1. The number of fused-ring (bicyclic) bond motifs is 1. The molecule has 0 aliphatic heterocycles. The number of hydrogen-bond acceptors (Lipinski definition) is 2. The van der Waals surface area contributed by atoms with E-state index in [-0.39, 0.29) is 12.0 Å². The molecule has 0 radical (unpaired) electrons. The zero-order chi connectivity index (χ0) is 17.3. The first kappa shape index (κ1) is 16.3. The van der Waals surface area contributed by atoms with Crippen LogP contribution in [0.2, 0.25) is 5.02 Å². The zero-order valence-corrected chi connectivity index (χ0v) is 13.9. The fourth-order valence-electron chi connectivity index (χ4n) is 2.91. The third kappa shape index (κ3) is 3.19. The predicted octanol–water partition coefficient (Wildman–Crippen LogP) is 3.64. The highest BCUT2D eigenvalue weighted by molar-refractivity contribution is 6.35. The molecular formula is C19H16ClNO3. The first-order valence-electron chi connectivity index (χ1n) is 7.53. The van der Waals surface area contributed by atoms with Gasteiger partial charge in [-0.2, -0.15) is 0 Å². The number of hydrogen-bond donors (Lipinski definition) is 1. The van der Waals surface area contributed by atoms with Crippen LogP contribution in [0.5, 0.6) is 0 Å². The van der Waals surface area contributed by atoms with Gasteiger partial charge >= 0.3 is 5.97 Å². The van der Waals surface area contributed by atoms with Crippen LogP contribution in [0.1, 0.15) is 16.7 Å². The van der Waals surface area contributed by atoms with Gasteiger partial charge in [-0.25, -0.2) is 0 Å². The molecule has 0 unspecified atom stereocenters. The number of carbonyl (C=O) groups is 1. The van der Waals surface area contributed by atoms with Crippen LogP contribution >= 0.6 is 11.6 Å². The molecule has 0 spiro atoms. The fraction of sp³-hybridized carbons (Fsp3) is 0.158. The molecular weight excluding hydrogens is 326 g/mol. The van der Waals surface area contributed by atoms with E-state index in [0.717, 1.165) is 11.1 Å². The van der Waals surface area contributed by atoms with Crippen LogP contribution in [0, 0.1) is 6.92 Å². The molecule has 3 rings (SSSR count). The number of benzene rings is 2. The summed E-state index contributed by atoms with van der Waals surface area (Å²) in [5.74, 6) is -0.985. The van der Waals surface area contributed by atoms with Crippen molar-refractivity contribution in [3.8, 4) is 0 Å². The van der Waals surface area contributed by atoms with Gasteiger partial charge in [0, 0.05) is 23.6 Å². The van der Waals surface area contributed by atoms with E-state index in [1.807, 2.05) is 31.2 Å². The molecule has 0 fully saturated rings. The average Bonchev–Trinajstić information content (AvgIpc) is 2.51. The SMILES string of the molecule is Cc1cccc(Cc2cn(CC(=O)O)c3c(Cl)cccc3c2=O)c1. The minimum absolute atomic E-state index is 0.115. The Balaban J connectivity index is 2.20. The van der Waals surface area contributed by atoms with Crippen LogP contribution in [0.3, 0.4) is 0 Å². The van der Waals surface area contributed by atoms with E-state index in [1.54, 1.807) is 24.4 Å². The molecule has 4 nitrogen and oxygen atoms in total. The average molecular weight is 342 g/mol. The maximum absolute atomic E-state index is 12.8. The number of aryl methyl sites for hydroxylation is 1. The molecule has 1 N–H and O–H groups in total. The smallest absolute Gasteiger partial charge is 0.323 e. The van der Waals surface area contributed by atoms with Gasteiger partial charge in [0.1, 0.15) is 6.54 Å². The van der Waals surface area contributed by atoms with E-state index in [2.05, 4.69) is 0 Å². The van der Waals surface area contributed by atoms with Gasteiger partial charge < -0.3 is 9.67 Å². The second-order valence-electron chi connectivity index (χ2n) is 5.81. The van der Waals surface area contributed by atoms with Crippen molar-refractivity contribution < 1.29 is 9.90 Å². The molecule has 0 bridgehead atoms. The van der Waals surface area contributed by atoms with Crippen molar-refractivity contribution >= 4 is 28.5 Å². The summed E-state index contributed by atoms with van der Waals surface area (Å²) in [6.07, 6.45) is 2.05. The maximum atomic E-state index is 12.8. The fourth-order valence-corrected chi connectivity index (χ4v) is 3.20. The van der Waals surface area contributed by atoms with Crippen LogP contribution in [0.15, 0.2) is 53.5 Å². The lowest BCUT2D eigenvalue weighted by atomic mass is 10.0. The van der Waals surface area contributed by atoms with Crippen molar-refractivity contribution in [3.05, 3.63) is 80.6 Å². The van der Waals surface area contributed by atoms with Gasteiger partial charge in [-0.1, -0.05) is 47.5 Å². The minimum atomic E-state index is -0.985. The number of halogens is 1. The summed E-state index contributed by atoms with van der Waals surface area (Å²) in [6, 6.07) is 12.9. The van der Waals surface area contributed by atoms with E-state index < -0.39 is 5.97 Å². The van der Waals surface area contributed by atoms with Gasteiger partial charge in [0.15, 0.2) is 5.43 Å². The lowest BCUT2D eigenvalue weighted by molar-refractivity contribution is -0.137. The normalized spacial score (nSPS) is 10.9. The summed E-state index contributed by atoms with van der Waals surface area (Å²) in [6.45, 7) is 1.74. The molecule has 0 atom stereocenters. The Hall–Kier alpha value is -2.59. The number of carboxylic acids is 1. The molecule has 24 heavy (non-hydrogen) atoms. The molecule has 0 aliphatic carbocycles. The standard InChI is InChI=1S/C19H16ClNO3/c1-12-4-2-5-13(8-12)9-14-10-21(11-17(22)23)18-15(19(14)24)6-3-7-16(18)20/h2-8,10H,9,11H2,1H3,(H,22,23). The molecule has 0 aliphatic rings. The summed E-state index contributed by atoms with van der Waals surface area (Å²) in [5, 5.41) is 9.97. The number of para-hydroxylation sites is 1. The van der Waals surface area contributed by atoms with Crippen molar-refractivity contribution in [2.75, 3.05) is 0 Å². The number of aliphatic carboxylic acids is 1. The summed E-state index contributed by atoms with van der Waals surface area (Å²) in [4.78, 5) is 24.0. The van der Waals surface area contributed by atoms with E-state index in [9.17, 15) is 9.59 Å². The molecule has 1 heterocycles. The van der Waals surface area contributed by atoms with Gasteiger partial charge in [-0.05, 0) is 24.6 Å². The molecule has 2 aromatic carbocycles. The highest BCUT2D eigenvalue weighted by atomic mass is 35.5. The van der Waals surface area contributed by atoms with Crippen molar-refractivity contribution in [2.45, 2.75) is 19.9 Å². The molecule has 0 saturated carbocycles. The minimum Gasteiger partial charge on any atom is -0.480 e. The van der Waals surface area contributed by atoms with Gasteiger partial charge in [0.2, 0.25) is 0 Å². The topological polar surface area (TPSA) is 59.3 Å². The summed E-state index contributed by atoms with van der Waals surface area (Å²) in [5.41, 5.74) is 3.02. The van der Waals surface area contributed by atoms with Crippen LogP contribution < -0.4 is 5.43 Å². The third-order valence-electron chi connectivity index (χ3n) is 3.90. The van der Waals surface area contributed by atoms with Crippen LogP contribution in [-0.4, -0.2) is 15.6 Å². The van der Waals surface area contributed by atoms with Gasteiger partial charge in [-0.3, -0.25) is 9.59 Å². The molecule has 3 aromatic rings. The van der Waals surface area contributed by atoms with Crippen molar-refractivity contribution in [1.82, 2.24) is 4.57 Å². The van der Waals surface area contributed by atoms with Gasteiger partial charge in [0.05, 0.1) is 10.5 Å². The predicted molar refractivity (Wildman–Crippen MR) is 94.8 cm³/mol. The Kier molecular flexibility index (Phi) is 4.40. The van der Waals surface area contributed by atoms with E-state index in [1.165, 1.54) is 4.57 Å². The van der Waals surface area contributed by atoms with Crippen LogP contribution in [-0.2, 0) is 17.8 Å². The first-order valence-corrected chi connectivity index (χ1v) is 7.91. The van der Waals surface area contributed by atoms with Gasteiger partial charge in [-0.15, -0.1) is 0 Å². The zero-order valence-electron chi connectivity index (χ0n) is 13.1. The van der Waals surface area contributed by atoms with Crippen LogP contribution in [0.25, 0.3) is 10.9 Å². The Bertz CT molecular complexity index is 992. The Morgan fingerprint density at radius 1 is 1.21 bits per heavy atom. The summed E-state index contributed by atoms with van der Waals surface area (Å²) in [7, 11) is 0. The molecule has 0 amide bonds. The third-order valence-corrected chi connectivity index (χ3v) is 4.21. The molecule has 0 saturated heterocycles. The largest absolute Gasteiger partial charge is 0.480 e. The number of rotatable bonds is 4. The number of aromatic nitrogens is 1. The Labute approximate surface area is 143 Å². The van der Waals surface area contributed by atoms with Crippen LogP contribution in [0.4, 0.5) is 0 Å². The van der Waals surface area contributed by atoms with Crippen molar-refractivity contribution in [2.24, 2.45) is 0 Å². The molecule has 5 heteroatoms. The van der Waals surface area contributed by atoms with Gasteiger partial charge in [0.25, 0.3) is 0 Å². The highest BCUT2D eigenvalue weighted by Crippen LogP contribution is 2.22. The highest BCUT2D eigenvalue weighted by Gasteiger charge is 2.13. The van der Waals surface area contributed by atoms with E-state index >= 15 is 0 Å². The quantitative estimate of drug-likeness (QED) is 0.788. The van der Waals surface area contributed by atoms with Crippen molar-refractivity contribution in [1.29, 1.82) is 0 Å². The summed E-state index contributed by atoms with van der Waals surface area (Å²) < 4.78 is 1.53. The summed E-state index contributed by atoms with van der Waals surface area (Å²) >= 11 is 6.20. The number of nitrogens with zero attached hydrogens (tertiary/aromatic N) is 1. The second kappa shape index (κ2) is 6.49. The molecule has 122 valence electrons. The first-order chi connectivity index (χ1) is 11.5. The Morgan fingerprint density at radius 3 is 2.67 bits per heavy atom. The molecule has 1 aromatic heterocycles. The lowest BCUT2D eigenvalue weighted by Crippen LogP contribution is -2.18. The van der Waals surface area contributed by atoms with Crippen molar-refractivity contribution in [3.63, 3.8) is 0 Å². The lowest BCUT2D eigenvalue weighted by Gasteiger charge is -2.13. The number of pyridine rings is 1. The maximum Gasteiger partial charge on any atom is 0.323 e. The van der Waals surface area contributed by atoms with E-state index in [4.69, 9.17) is 16.7 Å². The monoisotopic (exact) mass is 341 g/mol. The Morgan fingerprint density at radius 2 is 1.96 bits per heavy atom. The van der Waals surface area contributed by atoms with E-state index in [0.29, 0.717) is 27.9 Å².